The first-order valence-corrected chi connectivity index (χ1v) is 4.92. The largest absolute Gasteiger partial charge is 0.386 e. The molecule has 0 radical (unpaired) electrons. The molecule has 0 fully saturated rings. The average Bonchev–Trinajstić information content (AvgIpc) is 1.63. The number of aliphatic hydroxyl groups is 1. The molecule has 0 aliphatic heterocycles. The summed E-state index contributed by atoms with van der Waals surface area (Å²) in [6.07, 6.45) is -0.380. The van der Waals surface area contributed by atoms with Gasteiger partial charge in [0.1, 0.15) is 6.35 Å². The Kier molecular flexibility index (Phi) is 3.41. The van der Waals surface area contributed by atoms with Crippen LogP contribution in [-0.2, 0) is 4.57 Å². The first-order valence-electron chi connectivity index (χ1n) is 2.89. The van der Waals surface area contributed by atoms with Crippen LogP contribution < -0.4 is 0 Å². The second-order valence-corrected chi connectivity index (χ2v) is 4.90. The summed E-state index contributed by atoms with van der Waals surface area (Å²) >= 11 is 0. The molecule has 2 N–H and O–H groups in total. The van der Waals surface area contributed by atoms with Crippen molar-refractivity contribution in [2.75, 3.05) is 12.5 Å². The van der Waals surface area contributed by atoms with Gasteiger partial charge >= 0.3 is 0 Å². The smallest absolute Gasteiger partial charge is 0.225 e. The molecule has 0 aromatic heterocycles. The minimum Gasteiger partial charge on any atom is -0.386 e. The van der Waals surface area contributed by atoms with Gasteiger partial charge in [-0.2, -0.15) is 0 Å². The van der Waals surface area contributed by atoms with Crippen LogP contribution in [0.3, 0.4) is 0 Å². The van der Waals surface area contributed by atoms with Gasteiger partial charge in [0.2, 0.25) is 7.37 Å². The predicted octanol–water partition coefficient (Wildman–Crippen LogP) is 0.863. The number of hydrogen-bond acceptors (Lipinski definition) is 2. The van der Waals surface area contributed by atoms with E-state index in [1.807, 2.05) is 13.8 Å². The quantitative estimate of drug-likeness (QED) is 0.590. The molecule has 0 bridgehead atoms. The molecule has 0 amide bonds. The molecule has 9 heavy (non-hydrogen) atoms. The normalized spacial score (nSPS) is 17.9. The molecule has 1 atom stereocenters. The maximum atomic E-state index is 10.7. The van der Waals surface area contributed by atoms with Crippen molar-refractivity contribution in [3.63, 3.8) is 0 Å². The van der Waals surface area contributed by atoms with Crippen LogP contribution in [0.25, 0.3) is 0 Å². The summed E-state index contributed by atoms with van der Waals surface area (Å²) in [7, 11) is -3.17. The van der Waals surface area contributed by atoms with Gasteiger partial charge in [-0.3, -0.25) is 4.57 Å². The standard InChI is InChI=1S/C5H13O3P/c1-5(2)3-9(7,8)4-6/h5-6H,3-4H2,1-2H3,(H,7,8). The van der Waals surface area contributed by atoms with Crippen molar-refractivity contribution >= 4 is 7.37 Å². The van der Waals surface area contributed by atoms with Crippen LogP contribution in [0, 0.1) is 5.92 Å². The zero-order valence-corrected chi connectivity index (χ0v) is 6.64. The number of aliphatic hydroxyl groups excluding tert-OH is 1. The maximum Gasteiger partial charge on any atom is 0.225 e. The number of hydrogen-bond donors (Lipinski definition) is 2. The Morgan fingerprint density at radius 1 is 1.56 bits per heavy atom. The lowest BCUT2D eigenvalue weighted by Gasteiger charge is -2.09. The fraction of sp³-hybridized carbons (Fsp3) is 1.00. The predicted molar refractivity (Wildman–Crippen MR) is 36.6 cm³/mol. The minimum absolute atomic E-state index is 0.174. The van der Waals surface area contributed by atoms with E-state index in [-0.39, 0.29) is 12.1 Å². The lowest BCUT2D eigenvalue weighted by molar-refractivity contribution is 0.330. The van der Waals surface area contributed by atoms with Crippen molar-refractivity contribution in [3.8, 4) is 0 Å². The highest BCUT2D eigenvalue weighted by molar-refractivity contribution is 7.57. The summed E-state index contributed by atoms with van der Waals surface area (Å²) in [5, 5.41) is 8.33. The summed E-state index contributed by atoms with van der Waals surface area (Å²) in [6, 6.07) is 0. The van der Waals surface area contributed by atoms with Crippen molar-refractivity contribution in [1.29, 1.82) is 0 Å². The van der Waals surface area contributed by atoms with E-state index in [4.69, 9.17) is 10.00 Å². The first-order chi connectivity index (χ1) is 3.98. The van der Waals surface area contributed by atoms with Crippen molar-refractivity contribution in [3.05, 3.63) is 0 Å². The molecule has 0 spiro atoms. The third-order valence-corrected chi connectivity index (χ3v) is 2.61. The highest BCUT2D eigenvalue weighted by Crippen LogP contribution is 2.40. The zero-order chi connectivity index (χ0) is 7.49. The van der Waals surface area contributed by atoms with Gasteiger partial charge in [0, 0.05) is 6.16 Å². The van der Waals surface area contributed by atoms with Crippen LogP contribution >= 0.6 is 7.37 Å². The molecule has 0 aliphatic rings. The molecule has 4 heteroatoms. The van der Waals surface area contributed by atoms with E-state index >= 15 is 0 Å². The Morgan fingerprint density at radius 3 is 2.11 bits per heavy atom. The van der Waals surface area contributed by atoms with Crippen LogP contribution in [-0.4, -0.2) is 22.5 Å². The molecule has 56 valence electrons. The lowest BCUT2D eigenvalue weighted by Crippen LogP contribution is -1.99. The van der Waals surface area contributed by atoms with E-state index in [0.29, 0.717) is 0 Å². The highest BCUT2D eigenvalue weighted by atomic mass is 31.2. The molecule has 0 aromatic rings. The van der Waals surface area contributed by atoms with Crippen molar-refractivity contribution < 1.29 is 14.6 Å². The average molecular weight is 152 g/mol. The first kappa shape index (κ1) is 9.15. The van der Waals surface area contributed by atoms with Gasteiger partial charge in [-0.1, -0.05) is 13.8 Å². The SMILES string of the molecule is CC(C)CP(=O)(O)CO. The Hall–Kier alpha value is 0.150. The third-order valence-electron chi connectivity index (χ3n) is 0.871. The molecule has 0 aliphatic carbocycles. The molecule has 3 nitrogen and oxygen atoms in total. The monoisotopic (exact) mass is 152 g/mol. The van der Waals surface area contributed by atoms with Crippen LogP contribution in [0.15, 0.2) is 0 Å². The van der Waals surface area contributed by atoms with Crippen LogP contribution in [0.2, 0.25) is 0 Å². The van der Waals surface area contributed by atoms with E-state index in [1.165, 1.54) is 0 Å². The molecular formula is C5H13O3P. The van der Waals surface area contributed by atoms with Gasteiger partial charge < -0.3 is 10.00 Å². The molecule has 0 rings (SSSR count). The molecule has 0 aromatic carbocycles. The summed E-state index contributed by atoms with van der Waals surface area (Å²) in [5.41, 5.74) is 0. The molecule has 0 heterocycles. The van der Waals surface area contributed by atoms with E-state index in [1.54, 1.807) is 0 Å². The minimum atomic E-state index is -3.17. The Bertz CT molecular complexity index is 121. The molecular weight excluding hydrogens is 139 g/mol. The highest BCUT2D eigenvalue weighted by Gasteiger charge is 2.17. The van der Waals surface area contributed by atoms with Gasteiger partial charge in [0.05, 0.1) is 0 Å². The molecule has 0 saturated carbocycles. The Balaban J connectivity index is 3.73. The van der Waals surface area contributed by atoms with Crippen LogP contribution in [0.1, 0.15) is 13.8 Å². The zero-order valence-electron chi connectivity index (χ0n) is 5.74. The van der Waals surface area contributed by atoms with Gasteiger partial charge in [-0.05, 0) is 5.92 Å². The van der Waals surface area contributed by atoms with Gasteiger partial charge in [0.15, 0.2) is 0 Å². The van der Waals surface area contributed by atoms with E-state index in [2.05, 4.69) is 0 Å². The topological polar surface area (TPSA) is 57.5 Å². The Labute approximate surface area is 55.2 Å². The maximum absolute atomic E-state index is 10.7. The molecule has 1 unspecified atom stereocenters. The van der Waals surface area contributed by atoms with E-state index < -0.39 is 13.7 Å². The summed E-state index contributed by atoms with van der Waals surface area (Å²) in [4.78, 5) is 8.80. The van der Waals surface area contributed by atoms with Gasteiger partial charge in [-0.15, -0.1) is 0 Å². The fourth-order valence-corrected chi connectivity index (χ4v) is 1.88. The van der Waals surface area contributed by atoms with Crippen molar-refractivity contribution in [1.82, 2.24) is 0 Å². The van der Waals surface area contributed by atoms with Gasteiger partial charge in [0.25, 0.3) is 0 Å². The van der Waals surface area contributed by atoms with Crippen LogP contribution in [0.5, 0.6) is 0 Å². The lowest BCUT2D eigenvalue weighted by atomic mass is 10.3. The molecule has 0 saturated heterocycles. The van der Waals surface area contributed by atoms with Crippen molar-refractivity contribution in [2.24, 2.45) is 5.92 Å². The summed E-state index contributed by atoms with van der Waals surface area (Å²) in [6.45, 7) is 3.69. The second kappa shape index (κ2) is 3.35. The van der Waals surface area contributed by atoms with E-state index in [9.17, 15) is 4.57 Å². The number of rotatable bonds is 3. The van der Waals surface area contributed by atoms with E-state index in [0.717, 1.165) is 0 Å². The summed E-state index contributed by atoms with van der Waals surface area (Å²) < 4.78 is 10.7. The van der Waals surface area contributed by atoms with Crippen molar-refractivity contribution in [2.45, 2.75) is 13.8 Å². The fourth-order valence-electron chi connectivity index (χ4n) is 0.628. The second-order valence-electron chi connectivity index (χ2n) is 2.56. The van der Waals surface area contributed by atoms with Gasteiger partial charge in [-0.25, -0.2) is 0 Å². The Morgan fingerprint density at radius 2 is 2.00 bits per heavy atom. The third kappa shape index (κ3) is 4.64. The van der Waals surface area contributed by atoms with Crippen LogP contribution in [0.4, 0.5) is 0 Å². The summed E-state index contributed by atoms with van der Waals surface area (Å²) in [5.74, 6) is 0.174.